The van der Waals surface area contributed by atoms with Crippen LogP contribution in [0.15, 0.2) is 22.7 Å². The van der Waals surface area contributed by atoms with Crippen LogP contribution >= 0.6 is 15.9 Å². The molecule has 0 bridgehead atoms. The molecule has 0 aliphatic carbocycles. The number of hydrogen-bond donors (Lipinski definition) is 1. The van der Waals surface area contributed by atoms with Gasteiger partial charge in [0, 0.05) is 29.4 Å². The second kappa shape index (κ2) is 6.44. The summed E-state index contributed by atoms with van der Waals surface area (Å²) in [5.41, 5.74) is 2.10. The third-order valence-corrected chi connectivity index (χ3v) is 2.70. The molecule has 0 unspecified atom stereocenters. The monoisotopic (exact) mass is 268 g/mol. The fourth-order valence-electron chi connectivity index (χ4n) is 1.27. The molecule has 1 aromatic carbocycles. The SMILES string of the molecule is COCc1c(Br)cccc1NCCC#N. The summed E-state index contributed by atoms with van der Waals surface area (Å²) in [6.45, 7) is 1.21. The largest absolute Gasteiger partial charge is 0.384 e. The summed E-state index contributed by atoms with van der Waals surface area (Å²) in [5.74, 6) is 0. The van der Waals surface area contributed by atoms with Gasteiger partial charge >= 0.3 is 0 Å². The Kier molecular flexibility index (Phi) is 5.16. The molecule has 0 radical (unpaired) electrons. The van der Waals surface area contributed by atoms with Gasteiger partial charge in [0.2, 0.25) is 0 Å². The summed E-state index contributed by atoms with van der Waals surface area (Å²) in [6, 6.07) is 8.01. The van der Waals surface area contributed by atoms with Gasteiger partial charge in [-0.15, -0.1) is 0 Å². The van der Waals surface area contributed by atoms with Crippen molar-refractivity contribution in [2.75, 3.05) is 19.0 Å². The van der Waals surface area contributed by atoms with E-state index in [1.54, 1.807) is 7.11 Å². The Morgan fingerprint density at radius 1 is 1.53 bits per heavy atom. The van der Waals surface area contributed by atoms with Crippen molar-refractivity contribution in [2.24, 2.45) is 0 Å². The molecule has 0 aliphatic rings. The zero-order chi connectivity index (χ0) is 11.1. The highest BCUT2D eigenvalue weighted by molar-refractivity contribution is 9.10. The van der Waals surface area contributed by atoms with Crippen molar-refractivity contribution in [1.82, 2.24) is 0 Å². The van der Waals surface area contributed by atoms with Gasteiger partial charge in [-0.2, -0.15) is 5.26 Å². The first-order valence-corrected chi connectivity index (χ1v) is 5.46. The van der Waals surface area contributed by atoms with Gasteiger partial charge in [-0.05, 0) is 12.1 Å². The highest BCUT2D eigenvalue weighted by atomic mass is 79.9. The van der Waals surface area contributed by atoms with E-state index >= 15 is 0 Å². The van der Waals surface area contributed by atoms with Crippen molar-refractivity contribution in [3.05, 3.63) is 28.2 Å². The number of hydrogen-bond acceptors (Lipinski definition) is 3. The third kappa shape index (κ3) is 3.54. The van der Waals surface area contributed by atoms with Crippen LogP contribution < -0.4 is 5.32 Å². The zero-order valence-electron chi connectivity index (χ0n) is 8.59. The van der Waals surface area contributed by atoms with Gasteiger partial charge in [0.15, 0.2) is 0 Å². The molecule has 0 aliphatic heterocycles. The van der Waals surface area contributed by atoms with Crippen LogP contribution in [0.2, 0.25) is 0 Å². The van der Waals surface area contributed by atoms with Crippen molar-refractivity contribution in [2.45, 2.75) is 13.0 Å². The minimum atomic E-state index is 0.499. The van der Waals surface area contributed by atoms with Gasteiger partial charge in [-0.3, -0.25) is 0 Å². The highest BCUT2D eigenvalue weighted by Crippen LogP contribution is 2.25. The lowest BCUT2D eigenvalue weighted by Gasteiger charge is -2.11. The van der Waals surface area contributed by atoms with Gasteiger partial charge in [-0.1, -0.05) is 22.0 Å². The maximum absolute atomic E-state index is 8.45. The number of halogens is 1. The molecule has 0 atom stereocenters. The molecule has 0 saturated carbocycles. The fraction of sp³-hybridized carbons (Fsp3) is 0.364. The van der Waals surface area contributed by atoms with Gasteiger partial charge < -0.3 is 10.1 Å². The summed E-state index contributed by atoms with van der Waals surface area (Å²) in [4.78, 5) is 0. The second-order valence-corrected chi connectivity index (χ2v) is 3.89. The topological polar surface area (TPSA) is 45.0 Å². The molecule has 0 saturated heterocycles. The van der Waals surface area contributed by atoms with E-state index in [1.807, 2.05) is 18.2 Å². The maximum Gasteiger partial charge on any atom is 0.0744 e. The number of methoxy groups -OCH3 is 1. The van der Waals surface area contributed by atoms with E-state index in [1.165, 1.54) is 0 Å². The number of nitrogens with zero attached hydrogens (tertiary/aromatic N) is 1. The van der Waals surface area contributed by atoms with E-state index in [4.69, 9.17) is 10.00 Å². The Hall–Kier alpha value is -1.05. The van der Waals surface area contributed by atoms with Crippen LogP contribution in [0.4, 0.5) is 5.69 Å². The number of benzene rings is 1. The van der Waals surface area contributed by atoms with E-state index in [0.717, 1.165) is 15.7 Å². The van der Waals surface area contributed by atoms with E-state index in [2.05, 4.69) is 27.3 Å². The smallest absolute Gasteiger partial charge is 0.0744 e. The minimum absolute atomic E-state index is 0.499. The van der Waals surface area contributed by atoms with Crippen LogP contribution in [0.25, 0.3) is 0 Å². The first kappa shape index (κ1) is 12.0. The van der Waals surface area contributed by atoms with Crippen LogP contribution in [0.1, 0.15) is 12.0 Å². The Morgan fingerprint density at radius 3 is 3.00 bits per heavy atom. The predicted molar refractivity (Wildman–Crippen MR) is 63.6 cm³/mol. The number of ether oxygens (including phenoxy) is 1. The molecule has 4 heteroatoms. The van der Waals surface area contributed by atoms with Crippen molar-refractivity contribution in [3.8, 4) is 6.07 Å². The average molecular weight is 269 g/mol. The molecular weight excluding hydrogens is 256 g/mol. The maximum atomic E-state index is 8.45. The van der Waals surface area contributed by atoms with Crippen molar-refractivity contribution in [3.63, 3.8) is 0 Å². The molecule has 0 heterocycles. The van der Waals surface area contributed by atoms with E-state index in [0.29, 0.717) is 19.6 Å². The van der Waals surface area contributed by atoms with Gasteiger partial charge in [0.1, 0.15) is 0 Å². The zero-order valence-corrected chi connectivity index (χ0v) is 10.2. The number of anilines is 1. The van der Waals surface area contributed by atoms with Crippen molar-refractivity contribution >= 4 is 21.6 Å². The Labute approximate surface area is 98.2 Å². The molecule has 0 spiro atoms. The van der Waals surface area contributed by atoms with Crippen LogP contribution in [-0.2, 0) is 11.3 Å². The molecule has 80 valence electrons. The van der Waals surface area contributed by atoms with Crippen LogP contribution in [0.5, 0.6) is 0 Å². The normalized spacial score (nSPS) is 9.67. The van der Waals surface area contributed by atoms with Crippen LogP contribution in [0.3, 0.4) is 0 Å². The molecule has 3 nitrogen and oxygen atoms in total. The summed E-state index contributed by atoms with van der Waals surface area (Å²) < 4.78 is 6.14. The Balaban J connectivity index is 2.77. The number of rotatable bonds is 5. The minimum Gasteiger partial charge on any atom is -0.384 e. The van der Waals surface area contributed by atoms with Gasteiger partial charge in [0.25, 0.3) is 0 Å². The molecule has 15 heavy (non-hydrogen) atoms. The second-order valence-electron chi connectivity index (χ2n) is 3.03. The predicted octanol–water partition coefficient (Wildman–Crippen LogP) is 2.92. The van der Waals surface area contributed by atoms with Crippen molar-refractivity contribution in [1.29, 1.82) is 5.26 Å². The lowest BCUT2D eigenvalue weighted by molar-refractivity contribution is 0.185. The summed E-state index contributed by atoms with van der Waals surface area (Å²) in [6.07, 6.45) is 0.499. The van der Waals surface area contributed by atoms with Crippen molar-refractivity contribution < 1.29 is 4.74 Å². The van der Waals surface area contributed by atoms with Crippen LogP contribution in [0, 0.1) is 11.3 Å². The Morgan fingerprint density at radius 2 is 2.33 bits per heavy atom. The van der Waals surface area contributed by atoms with E-state index in [-0.39, 0.29) is 0 Å². The highest BCUT2D eigenvalue weighted by Gasteiger charge is 2.05. The fourth-order valence-corrected chi connectivity index (χ4v) is 1.75. The molecule has 0 amide bonds. The van der Waals surface area contributed by atoms with E-state index < -0.39 is 0 Å². The Bertz CT molecular complexity index is 360. The molecule has 0 aromatic heterocycles. The lowest BCUT2D eigenvalue weighted by atomic mass is 10.2. The standard InChI is InChI=1S/C11H13BrN2O/c1-15-8-9-10(12)4-2-5-11(9)14-7-3-6-13/h2,4-5,14H,3,7-8H2,1H3. The summed E-state index contributed by atoms with van der Waals surface area (Å²) >= 11 is 3.47. The third-order valence-electron chi connectivity index (χ3n) is 1.96. The molecule has 1 N–H and O–H groups in total. The average Bonchev–Trinajstić information content (AvgIpc) is 2.23. The molecular formula is C11H13BrN2O. The molecule has 1 aromatic rings. The summed E-state index contributed by atoms with van der Waals surface area (Å²) in [7, 11) is 1.67. The van der Waals surface area contributed by atoms with Gasteiger partial charge in [0.05, 0.1) is 19.1 Å². The van der Waals surface area contributed by atoms with Gasteiger partial charge in [-0.25, -0.2) is 0 Å². The first-order chi connectivity index (χ1) is 7.29. The summed E-state index contributed by atoms with van der Waals surface area (Å²) in [5, 5.41) is 11.7. The number of nitriles is 1. The van der Waals surface area contributed by atoms with Crippen LogP contribution in [-0.4, -0.2) is 13.7 Å². The molecule has 0 fully saturated rings. The quantitative estimate of drug-likeness (QED) is 0.836. The lowest BCUT2D eigenvalue weighted by Crippen LogP contribution is -2.04. The van der Waals surface area contributed by atoms with E-state index in [9.17, 15) is 0 Å². The molecule has 1 rings (SSSR count). The number of nitrogens with one attached hydrogen (secondary N) is 1. The first-order valence-electron chi connectivity index (χ1n) is 4.66.